The first kappa shape index (κ1) is 17.6. The molecule has 0 saturated heterocycles. The van der Waals surface area contributed by atoms with Crippen molar-refractivity contribution < 1.29 is 24.0 Å². The van der Waals surface area contributed by atoms with Gasteiger partial charge in [0.25, 0.3) is 5.88 Å². The molecular formula is C20H20N2O5. The molecule has 4 rings (SSSR count). The van der Waals surface area contributed by atoms with E-state index in [9.17, 15) is 14.7 Å². The fraction of sp³-hybridized carbons (Fsp3) is 0.350. The number of ether oxygens (including phenoxy) is 1. The second-order valence-electron chi connectivity index (χ2n) is 7.11. The van der Waals surface area contributed by atoms with Gasteiger partial charge >= 0.3 is 0 Å². The van der Waals surface area contributed by atoms with Crippen LogP contribution >= 0.6 is 0 Å². The molecule has 2 aromatic rings. The SMILES string of the molecule is CN(C)[C@@H]1c2onc(OCc3ccccc3)c2C(=O)[C@@]2(O)C(=O)C=CC[C@@H]12. The lowest BCUT2D eigenvalue weighted by atomic mass is 9.65. The van der Waals surface area contributed by atoms with Crippen LogP contribution in [-0.4, -0.2) is 46.4 Å². The third-order valence-electron chi connectivity index (χ3n) is 5.26. The van der Waals surface area contributed by atoms with Gasteiger partial charge in [-0.3, -0.25) is 14.5 Å². The summed E-state index contributed by atoms with van der Waals surface area (Å²) in [6.45, 7) is 0.190. The summed E-state index contributed by atoms with van der Waals surface area (Å²) in [7, 11) is 3.61. The number of allylic oxidation sites excluding steroid dienone is 1. The van der Waals surface area contributed by atoms with Gasteiger partial charge in [0.05, 0.1) is 6.04 Å². The molecule has 0 fully saturated rings. The van der Waals surface area contributed by atoms with Crippen molar-refractivity contribution in [2.24, 2.45) is 5.92 Å². The second kappa shape index (κ2) is 6.44. The molecule has 1 aromatic heterocycles. The maximum atomic E-state index is 13.1. The summed E-state index contributed by atoms with van der Waals surface area (Å²) in [5.74, 6) is -1.64. The van der Waals surface area contributed by atoms with Gasteiger partial charge in [0.15, 0.2) is 17.1 Å². The van der Waals surface area contributed by atoms with E-state index in [2.05, 4.69) is 5.16 Å². The first-order valence-electron chi connectivity index (χ1n) is 8.75. The molecule has 2 aliphatic carbocycles. The zero-order chi connectivity index (χ0) is 19.2. The largest absolute Gasteiger partial charge is 0.470 e. The van der Waals surface area contributed by atoms with Crippen LogP contribution < -0.4 is 4.74 Å². The normalized spacial score (nSPS) is 26.8. The summed E-state index contributed by atoms with van der Waals surface area (Å²) < 4.78 is 11.2. The molecule has 7 heteroatoms. The molecule has 1 heterocycles. The van der Waals surface area contributed by atoms with E-state index in [0.29, 0.717) is 12.2 Å². The van der Waals surface area contributed by atoms with Gasteiger partial charge in [-0.15, -0.1) is 0 Å². The first-order valence-corrected chi connectivity index (χ1v) is 8.75. The number of carbonyl (C=O) groups is 2. The van der Waals surface area contributed by atoms with Crippen LogP contribution in [0.3, 0.4) is 0 Å². The number of benzene rings is 1. The number of rotatable bonds is 4. The highest BCUT2D eigenvalue weighted by Gasteiger charge is 2.60. The van der Waals surface area contributed by atoms with Gasteiger partial charge in [0.2, 0.25) is 5.78 Å². The predicted octanol–water partition coefficient (Wildman–Crippen LogP) is 1.93. The third-order valence-corrected chi connectivity index (χ3v) is 5.26. The monoisotopic (exact) mass is 368 g/mol. The third kappa shape index (κ3) is 2.62. The van der Waals surface area contributed by atoms with E-state index in [1.54, 1.807) is 20.2 Å². The smallest absolute Gasteiger partial charge is 0.265 e. The lowest BCUT2D eigenvalue weighted by molar-refractivity contribution is -0.137. The molecule has 3 atom stereocenters. The van der Waals surface area contributed by atoms with E-state index in [1.165, 1.54) is 6.08 Å². The molecule has 0 unspecified atom stereocenters. The summed E-state index contributed by atoms with van der Waals surface area (Å²) in [5, 5.41) is 15.0. The Kier molecular flexibility index (Phi) is 4.20. The Balaban J connectivity index is 1.75. The number of carbonyl (C=O) groups excluding carboxylic acids is 2. The summed E-state index contributed by atoms with van der Waals surface area (Å²) in [6.07, 6.45) is 3.33. The van der Waals surface area contributed by atoms with Crippen molar-refractivity contribution in [1.29, 1.82) is 0 Å². The maximum absolute atomic E-state index is 13.1. The standard InChI is InChI=1S/C20H20N2O5/c1-22(2)16-13-9-6-10-14(23)20(13,25)18(24)15-17(16)27-21-19(15)26-11-12-7-4-3-5-8-12/h3-8,10,13,16,25H,9,11H2,1-2H3/t13-,16-,20-/m0/s1. The van der Waals surface area contributed by atoms with Crippen molar-refractivity contribution in [3.05, 3.63) is 59.4 Å². The number of hydrogen-bond donors (Lipinski definition) is 1. The lowest BCUT2D eigenvalue weighted by Crippen LogP contribution is -2.59. The molecule has 0 saturated carbocycles. The molecule has 0 spiro atoms. The number of hydrogen-bond acceptors (Lipinski definition) is 7. The highest BCUT2D eigenvalue weighted by atomic mass is 16.5. The molecule has 0 aliphatic heterocycles. The molecule has 140 valence electrons. The average Bonchev–Trinajstić information content (AvgIpc) is 3.07. The summed E-state index contributed by atoms with van der Waals surface area (Å²) in [6, 6.07) is 8.95. The van der Waals surface area contributed by atoms with Crippen LogP contribution in [0.25, 0.3) is 0 Å². The average molecular weight is 368 g/mol. The molecule has 7 nitrogen and oxygen atoms in total. The Morgan fingerprint density at radius 2 is 2.04 bits per heavy atom. The minimum absolute atomic E-state index is 0.0000638. The molecule has 27 heavy (non-hydrogen) atoms. The summed E-state index contributed by atoms with van der Waals surface area (Å²) >= 11 is 0. The van der Waals surface area contributed by atoms with Crippen molar-refractivity contribution in [3.8, 4) is 5.88 Å². The molecule has 0 amide bonds. The van der Waals surface area contributed by atoms with Crippen LogP contribution in [-0.2, 0) is 11.4 Å². The van der Waals surface area contributed by atoms with Crippen molar-refractivity contribution >= 4 is 11.6 Å². The summed E-state index contributed by atoms with van der Waals surface area (Å²) in [5.41, 5.74) is -1.19. The second-order valence-corrected chi connectivity index (χ2v) is 7.11. The fourth-order valence-electron chi connectivity index (χ4n) is 3.93. The molecule has 2 aliphatic rings. The van der Waals surface area contributed by atoms with E-state index < -0.39 is 29.1 Å². The minimum Gasteiger partial charge on any atom is -0.470 e. The van der Waals surface area contributed by atoms with Crippen LogP contribution in [0.15, 0.2) is 47.0 Å². The van der Waals surface area contributed by atoms with Gasteiger partial charge in [-0.1, -0.05) is 36.4 Å². The van der Waals surface area contributed by atoms with Crippen LogP contribution in [0.5, 0.6) is 5.88 Å². The minimum atomic E-state index is -2.13. The quantitative estimate of drug-likeness (QED) is 0.824. The van der Waals surface area contributed by atoms with E-state index in [1.807, 2.05) is 35.2 Å². The summed E-state index contributed by atoms with van der Waals surface area (Å²) in [4.78, 5) is 27.4. The Bertz CT molecular complexity index is 918. The van der Waals surface area contributed by atoms with Crippen molar-refractivity contribution in [3.63, 3.8) is 0 Å². The van der Waals surface area contributed by atoms with Gasteiger partial charge in [-0.25, -0.2) is 0 Å². The number of nitrogens with zero attached hydrogens (tertiary/aromatic N) is 2. The first-order chi connectivity index (χ1) is 12.9. The van der Waals surface area contributed by atoms with Gasteiger partial charge < -0.3 is 14.4 Å². The Morgan fingerprint density at radius 3 is 2.74 bits per heavy atom. The van der Waals surface area contributed by atoms with Gasteiger partial charge in [-0.2, -0.15) is 0 Å². The molecule has 1 N–H and O–H groups in total. The Hall–Kier alpha value is -2.77. The number of aliphatic hydroxyl groups is 1. The van der Waals surface area contributed by atoms with Crippen molar-refractivity contribution in [1.82, 2.24) is 10.1 Å². The van der Waals surface area contributed by atoms with Crippen molar-refractivity contribution in [2.75, 3.05) is 14.1 Å². The van der Waals surface area contributed by atoms with E-state index in [0.717, 1.165) is 5.56 Å². The molecule has 1 aromatic carbocycles. The lowest BCUT2D eigenvalue weighted by Gasteiger charge is -2.43. The predicted molar refractivity (Wildman–Crippen MR) is 95.2 cm³/mol. The molecule has 0 bridgehead atoms. The zero-order valence-corrected chi connectivity index (χ0v) is 15.1. The van der Waals surface area contributed by atoms with Gasteiger partial charge in [0.1, 0.15) is 12.2 Å². The van der Waals surface area contributed by atoms with Crippen LogP contribution in [0.4, 0.5) is 0 Å². The Morgan fingerprint density at radius 1 is 1.30 bits per heavy atom. The number of aromatic nitrogens is 1. The fourth-order valence-corrected chi connectivity index (χ4v) is 3.93. The topological polar surface area (TPSA) is 92.9 Å². The van der Waals surface area contributed by atoms with Gasteiger partial charge in [0, 0.05) is 5.92 Å². The van der Waals surface area contributed by atoms with Crippen LogP contribution in [0.1, 0.15) is 34.1 Å². The number of ketones is 2. The van der Waals surface area contributed by atoms with Crippen LogP contribution in [0.2, 0.25) is 0 Å². The van der Waals surface area contributed by atoms with Crippen molar-refractivity contribution in [2.45, 2.75) is 24.7 Å². The maximum Gasteiger partial charge on any atom is 0.265 e. The zero-order valence-electron chi connectivity index (χ0n) is 15.1. The molecule has 0 radical (unpaired) electrons. The van der Waals surface area contributed by atoms with E-state index in [4.69, 9.17) is 9.26 Å². The Labute approximate surface area is 156 Å². The van der Waals surface area contributed by atoms with E-state index >= 15 is 0 Å². The van der Waals surface area contributed by atoms with E-state index in [-0.39, 0.29) is 18.1 Å². The van der Waals surface area contributed by atoms with Gasteiger partial charge in [-0.05, 0) is 37.3 Å². The highest BCUT2D eigenvalue weighted by molar-refractivity contribution is 6.23. The van der Waals surface area contributed by atoms with Crippen LogP contribution in [0, 0.1) is 5.92 Å². The highest BCUT2D eigenvalue weighted by Crippen LogP contribution is 2.49. The number of fused-ring (bicyclic) bond motifs is 2. The number of Topliss-reactive ketones (excluding diaryl/α,β-unsaturated/α-hetero) is 1. The molecular weight excluding hydrogens is 348 g/mol.